The maximum atomic E-state index is 12.5. The van der Waals surface area contributed by atoms with Crippen LogP contribution in [0.2, 0.25) is 5.02 Å². The summed E-state index contributed by atoms with van der Waals surface area (Å²) >= 11 is 5.91. The SMILES string of the molecule is CN=C(NCCNC(=O)C1CC1)N1CCN(Cc2ccc(Cl)cc2)C(=O)C1. The lowest BCUT2D eigenvalue weighted by Gasteiger charge is -2.36. The van der Waals surface area contributed by atoms with Gasteiger partial charge in [0.15, 0.2) is 5.96 Å². The zero-order chi connectivity index (χ0) is 19.2. The highest BCUT2D eigenvalue weighted by Gasteiger charge is 2.29. The van der Waals surface area contributed by atoms with Crippen LogP contribution in [0.1, 0.15) is 18.4 Å². The molecular weight excluding hydrogens is 366 g/mol. The van der Waals surface area contributed by atoms with Gasteiger partial charge in [-0.2, -0.15) is 0 Å². The third-order valence-corrected chi connectivity index (χ3v) is 5.02. The molecule has 0 bridgehead atoms. The number of benzene rings is 1. The van der Waals surface area contributed by atoms with Crippen LogP contribution < -0.4 is 10.6 Å². The monoisotopic (exact) mass is 391 g/mol. The molecule has 146 valence electrons. The Bertz CT molecular complexity index is 703. The molecule has 0 atom stereocenters. The van der Waals surface area contributed by atoms with Crippen molar-refractivity contribution in [2.75, 3.05) is 39.8 Å². The van der Waals surface area contributed by atoms with Gasteiger partial charge in [0.25, 0.3) is 0 Å². The van der Waals surface area contributed by atoms with Gasteiger partial charge in [-0.1, -0.05) is 23.7 Å². The van der Waals surface area contributed by atoms with Gasteiger partial charge in [-0.3, -0.25) is 14.6 Å². The summed E-state index contributed by atoms with van der Waals surface area (Å²) in [6.45, 7) is 3.38. The highest BCUT2D eigenvalue weighted by Crippen LogP contribution is 2.28. The van der Waals surface area contributed by atoms with Crippen molar-refractivity contribution in [2.24, 2.45) is 10.9 Å². The molecule has 0 radical (unpaired) electrons. The molecule has 2 aliphatic rings. The van der Waals surface area contributed by atoms with E-state index in [2.05, 4.69) is 15.6 Å². The van der Waals surface area contributed by atoms with Gasteiger partial charge >= 0.3 is 0 Å². The molecule has 1 aliphatic carbocycles. The van der Waals surface area contributed by atoms with Gasteiger partial charge in [-0.25, -0.2) is 0 Å². The molecule has 0 unspecified atom stereocenters. The van der Waals surface area contributed by atoms with Gasteiger partial charge in [0.2, 0.25) is 11.8 Å². The number of nitrogens with one attached hydrogen (secondary N) is 2. The number of nitrogens with zero attached hydrogens (tertiary/aromatic N) is 3. The fourth-order valence-electron chi connectivity index (χ4n) is 3.05. The molecule has 0 aromatic heterocycles. The van der Waals surface area contributed by atoms with E-state index in [9.17, 15) is 9.59 Å². The maximum absolute atomic E-state index is 12.5. The van der Waals surface area contributed by atoms with E-state index in [1.807, 2.05) is 34.1 Å². The molecule has 0 spiro atoms. The number of hydrogen-bond donors (Lipinski definition) is 2. The zero-order valence-electron chi connectivity index (χ0n) is 15.6. The van der Waals surface area contributed by atoms with E-state index in [1.165, 1.54) is 0 Å². The van der Waals surface area contributed by atoms with Crippen molar-refractivity contribution in [1.29, 1.82) is 0 Å². The summed E-state index contributed by atoms with van der Waals surface area (Å²) in [5, 5.41) is 6.83. The van der Waals surface area contributed by atoms with Gasteiger partial charge < -0.3 is 20.4 Å². The normalized spacial score (nSPS) is 17.9. The van der Waals surface area contributed by atoms with Crippen LogP contribution in [0.4, 0.5) is 0 Å². The van der Waals surface area contributed by atoms with E-state index in [0.717, 1.165) is 18.4 Å². The molecule has 1 saturated carbocycles. The van der Waals surface area contributed by atoms with E-state index in [4.69, 9.17) is 11.6 Å². The van der Waals surface area contributed by atoms with Gasteiger partial charge in [0, 0.05) is 50.7 Å². The average molecular weight is 392 g/mol. The van der Waals surface area contributed by atoms with E-state index in [0.29, 0.717) is 50.3 Å². The lowest BCUT2D eigenvalue weighted by atomic mass is 10.2. The first-order chi connectivity index (χ1) is 13.1. The molecule has 1 heterocycles. The second kappa shape index (κ2) is 9.08. The molecule has 1 saturated heterocycles. The first-order valence-electron chi connectivity index (χ1n) is 9.32. The highest BCUT2D eigenvalue weighted by atomic mass is 35.5. The fraction of sp³-hybridized carbons (Fsp3) is 0.526. The standard InChI is InChI=1S/C19H26ClN5O2/c1-21-19(23-9-8-22-18(27)15-4-5-15)25-11-10-24(17(26)13-25)12-14-2-6-16(20)7-3-14/h2-3,6-7,15H,4-5,8-13H2,1H3,(H,21,23)(H,22,27). The summed E-state index contributed by atoms with van der Waals surface area (Å²) in [5.74, 6) is 1.12. The second-order valence-electron chi connectivity index (χ2n) is 6.90. The molecule has 1 aliphatic heterocycles. The predicted molar refractivity (Wildman–Crippen MR) is 106 cm³/mol. The van der Waals surface area contributed by atoms with Crippen LogP contribution in [0.3, 0.4) is 0 Å². The lowest BCUT2D eigenvalue weighted by Crippen LogP contribution is -2.55. The quantitative estimate of drug-likeness (QED) is 0.432. The lowest BCUT2D eigenvalue weighted by molar-refractivity contribution is -0.135. The van der Waals surface area contributed by atoms with Crippen molar-refractivity contribution < 1.29 is 9.59 Å². The number of rotatable bonds is 6. The summed E-state index contributed by atoms with van der Waals surface area (Å²) in [7, 11) is 1.70. The van der Waals surface area contributed by atoms with Crippen LogP contribution >= 0.6 is 11.6 Å². The number of carbonyl (C=O) groups excluding carboxylic acids is 2. The second-order valence-corrected chi connectivity index (χ2v) is 7.34. The minimum absolute atomic E-state index is 0.0705. The Balaban J connectivity index is 1.43. The summed E-state index contributed by atoms with van der Waals surface area (Å²) < 4.78 is 0. The largest absolute Gasteiger partial charge is 0.354 e. The molecule has 7 nitrogen and oxygen atoms in total. The van der Waals surface area contributed by atoms with Crippen LogP contribution in [0.25, 0.3) is 0 Å². The number of carbonyl (C=O) groups is 2. The molecule has 2 N–H and O–H groups in total. The van der Waals surface area contributed by atoms with Crippen molar-refractivity contribution in [1.82, 2.24) is 20.4 Å². The number of piperazine rings is 1. The Morgan fingerprint density at radius 3 is 2.52 bits per heavy atom. The van der Waals surface area contributed by atoms with Gasteiger partial charge in [0.1, 0.15) is 0 Å². The van der Waals surface area contributed by atoms with Crippen molar-refractivity contribution in [2.45, 2.75) is 19.4 Å². The summed E-state index contributed by atoms with van der Waals surface area (Å²) in [5.41, 5.74) is 1.06. The molecule has 2 fully saturated rings. The third-order valence-electron chi connectivity index (χ3n) is 4.77. The van der Waals surface area contributed by atoms with Gasteiger partial charge in [-0.15, -0.1) is 0 Å². The maximum Gasteiger partial charge on any atom is 0.242 e. The summed E-state index contributed by atoms with van der Waals surface area (Å²) in [4.78, 5) is 32.2. The highest BCUT2D eigenvalue weighted by molar-refractivity contribution is 6.30. The topological polar surface area (TPSA) is 77.0 Å². The van der Waals surface area contributed by atoms with E-state index in [-0.39, 0.29) is 17.7 Å². The summed E-state index contributed by atoms with van der Waals surface area (Å²) in [6, 6.07) is 7.56. The third kappa shape index (κ3) is 5.60. The van der Waals surface area contributed by atoms with Gasteiger partial charge in [-0.05, 0) is 30.5 Å². The Kier molecular flexibility index (Phi) is 6.55. The van der Waals surface area contributed by atoms with Crippen molar-refractivity contribution >= 4 is 29.4 Å². The van der Waals surface area contributed by atoms with Crippen molar-refractivity contribution in [3.05, 3.63) is 34.9 Å². The molecule has 2 amide bonds. The number of amides is 2. The molecule has 1 aromatic carbocycles. The molecule has 3 rings (SSSR count). The predicted octanol–water partition coefficient (Wildman–Crippen LogP) is 1.09. The number of hydrogen-bond acceptors (Lipinski definition) is 3. The minimum atomic E-state index is 0.0705. The number of guanidine groups is 1. The number of halogens is 1. The van der Waals surface area contributed by atoms with Crippen molar-refractivity contribution in [3.8, 4) is 0 Å². The van der Waals surface area contributed by atoms with Crippen LogP contribution in [-0.4, -0.2) is 67.3 Å². The Morgan fingerprint density at radius 2 is 1.89 bits per heavy atom. The Labute approximate surface area is 164 Å². The zero-order valence-corrected chi connectivity index (χ0v) is 16.3. The van der Waals surface area contributed by atoms with Crippen LogP contribution in [0, 0.1) is 5.92 Å². The number of aliphatic imine (C=N–C) groups is 1. The molecule has 1 aromatic rings. The first-order valence-corrected chi connectivity index (χ1v) is 9.70. The molecule has 8 heteroatoms. The Morgan fingerprint density at radius 1 is 1.19 bits per heavy atom. The fourth-order valence-corrected chi connectivity index (χ4v) is 3.17. The van der Waals surface area contributed by atoms with E-state index in [1.54, 1.807) is 7.05 Å². The first kappa shape index (κ1) is 19.5. The van der Waals surface area contributed by atoms with Crippen LogP contribution in [0.5, 0.6) is 0 Å². The average Bonchev–Trinajstić information content (AvgIpc) is 3.50. The van der Waals surface area contributed by atoms with E-state index < -0.39 is 0 Å². The Hall–Kier alpha value is -2.28. The smallest absolute Gasteiger partial charge is 0.242 e. The van der Waals surface area contributed by atoms with E-state index >= 15 is 0 Å². The molecule has 27 heavy (non-hydrogen) atoms. The molecular formula is C19H26ClN5O2. The van der Waals surface area contributed by atoms with Gasteiger partial charge in [0.05, 0.1) is 6.54 Å². The van der Waals surface area contributed by atoms with Crippen LogP contribution in [-0.2, 0) is 16.1 Å². The summed E-state index contributed by atoms with van der Waals surface area (Å²) in [6.07, 6.45) is 2.01. The minimum Gasteiger partial charge on any atom is -0.354 e. The van der Waals surface area contributed by atoms with Crippen molar-refractivity contribution in [3.63, 3.8) is 0 Å². The van der Waals surface area contributed by atoms with Crippen LogP contribution in [0.15, 0.2) is 29.3 Å².